The first kappa shape index (κ1) is 11.3. The van der Waals surface area contributed by atoms with Gasteiger partial charge in [0.1, 0.15) is 0 Å². The van der Waals surface area contributed by atoms with Gasteiger partial charge in [-0.05, 0) is 40.5 Å². The highest BCUT2D eigenvalue weighted by Crippen LogP contribution is 2.34. The van der Waals surface area contributed by atoms with Crippen molar-refractivity contribution >= 4 is 33.5 Å². The van der Waals surface area contributed by atoms with Crippen molar-refractivity contribution < 1.29 is 14.6 Å². The Kier molecular flexibility index (Phi) is 3.77. The van der Waals surface area contributed by atoms with Crippen LogP contribution < -0.4 is 4.74 Å². The van der Waals surface area contributed by atoms with Crippen LogP contribution in [0.3, 0.4) is 0 Å². The first-order valence-corrected chi connectivity index (χ1v) is 4.98. The molecule has 1 rings (SSSR count). The lowest BCUT2D eigenvalue weighted by atomic mass is 10.2. The molecule has 0 aliphatic carbocycles. The van der Waals surface area contributed by atoms with Crippen molar-refractivity contribution in [3.05, 3.63) is 27.2 Å². The zero-order chi connectivity index (χ0) is 10.7. The third kappa shape index (κ3) is 2.89. The van der Waals surface area contributed by atoms with Gasteiger partial charge >= 0.3 is 5.97 Å². The topological polar surface area (TPSA) is 46.5 Å². The molecule has 0 fully saturated rings. The number of aryl methyl sites for hydroxylation is 1. The molecule has 0 saturated heterocycles. The van der Waals surface area contributed by atoms with Crippen molar-refractivity contribution in [1.29, 1.82) is 0 Å². The lowest BCUT2D eigenvalue weighted by Crippen LogP contribution is -2.10. The maximum Gasteiger partial charge on any atom is 0.341 e. The summed E-state index contributed by atoms with van der Waals surface area (Å²) in [5.41, 5.74) is 0.976. The van der Waals surface area contributed by atoms with Crippen molar-refractivity contribution in [3.8, 4) is 5.75 Å². The zero-order valence-corrected chi connectivity index (χ0v) is 9.72. The second-order valence-electron chi connectivity index (χ2n) is 2.74. The summed E-state index contributed by atoms with van der Waals surface area (Å²) < 4.78 is 5.66. The fourth-order valence-electron chi connectivity index (χ4n) is 0.958. The van der Waals surface area contributed by atoms with Crippen molar-refractivity contribution in [1.82, 2.24) is 0 Å². The molecular formula is C9H8BrClO3. The molecule has 0 amide bonds. The van der Waals surface area contributed by atoms with Gasteiger partial charge in [0.15, 0.2) is 12.4 Å². The largest absolute Gasteiger partial charge is 0.479 e. The van der Waals surface area contributed by atoms with Crippen LogP contribution in [0.2, 0.25) is 5.02 Å². The number of halogens is 2. The summed E-state index contributed by atoms with van der Waals surface area (Å²) in [6.45, 7) is 1.49. The molecule has 5 heteroatoms. The van der Waals surface area contributed by atoms with Crippen LogP contribution in [0.1, 0.15) is 5.56 Å². The van der Waals surface area contributed by atoms with E-state index >= 15 is 0 Å². The van der Waals surface area contributed by atoms with Gasteiger partial charge in [0, 0.05) is 0 Å². The Labute approximate surface area is 94.8 Å². The fraction of sp³-hybridized carbons (Fsp3) is 0.222. The van der Waals surface area contributed by atoms with E-state index in [9.17, 15) is 4.79 Å². The molecule has 0 heterocycles. The molecule has 0 aliphatic heterocycles. The van der Waals surface area contributed by atoms with Crippen LogP contribution in [0, 0.1) is 6.92 Å². The van der Waals surface area contributed by atoms with E-state index in [1.54, 1.807) is 6.07 Å². The monoisotopic (exact) mass is 278 g/mol. The average molecular weight is 280 g/mol. The molecule has 0 saturated carbocycles. The highest BCUT2D eigenvalue weighted by atomic mass is 79.9. The molecule has 1 aromatic rings. The van der Waals surface area contributed by atoms with Crippen LogP contribution in [-0.2, 0) is 4.79 Å². The summed E-state index contributed by atoms with van der Waals surface area (Å²) in [4.78, 5) is 10.3. The Morgan fingerprint density at radius 2 is 2.29 bits per heavy atom. The maximum absolute atomic E-state index is 10.3. The van der Waals surface area contributed by atoms with E-state index in [-0.39, 0.29) is 0 Å². The summed E-state index contributed by atoms with van der Waals surface area (Å²) >= 11 is 9.12. The standard InChI is InChI=1S/C9H8BrClO3/c1-5-2-6(10)9(7(11)3-5)14-4-8(12)13/h2-3H,4H2,1H3,(H,12,13). The van der Waals surface area contributed by atoms with Gasteiger partial charge in [0.2, 0.25) is 0 Å². The summed E-state index contributed by atoms with van der Waals surface area (Å²) in [7, 11) is 0. The van der Waals surface area contributed by atoms with Gasteiger partial charge in [-0.2, -0.15) is 0 Å². The molecule has 0 unspecified atom stereocenters. The minimum Gasteiger partial charge on any atom is -0.479 e. The van der Waals surface area contributed by atoms with Gasteiger partial charge in [-0.25, -0.2) is 4.79 Å². The molecule has 14 heavy (non-hydrogen) atoms. The van der Waals surface area contributed by atoms with Crippen molar-refractivity contribution in [2.24, 2.45) is 0 Å². The van der Waals surface area contributed by atoms with Gasteiger partial charge < -0.3 is 9.84 Å². The smallest absolute Gasteiger partial charge is 0.341 e. The molecule has 3 nitrogen and oxygen atoms in total. The van der Waals surface area contributed by atoms with Crippen LogP contribution in [0.15, 0.2) is 16.6 Å². The minimum absolute atomic E-state index is 0.361. The summed E-state index contributed by atoms with van der Waals surface area (Å²) in [6, 6.07) is 3.52. The van der Waals surface area contributed by atoms with Crippen LogP contribution in [-0.4, -0.2) is 17.7 Å². The number of ether oxygens (including phenoxy) is 1. The number of rotatable bonds is 3. The Morgan fingerprint density at radius 1 is 1.64 bits per heavy atom. The number of aliphatic carboxylic acids is 1. The average Bonchev–Trinajstić information content (AvgIpc) is 2.01. The lowest BCUT2D eigenvalue weighted by molar-refractivity contribution is -0.139. The molecule has 0 spiro atoms. The van der Waals surface area contributed by atoms with E-state index in [1.807, 2.05) is 13.0 Å². The second-order valence-corrected chi connectivity index (χ2v) is 4.00. The van der Waals surface area contributed by atoms with Crippen LogP contribution in [0.25, 0.3) is 0 Å². The molecule has 0 atom stereocenters. The third-order valence-corrected chi connectivity index (χ3v) is 2.35. The Morgan fingerprint density at radius 3 is 2.79 bits per heavy atom. The SMILES string of the molecule is Cc1cc(Cl)c(OCC(=O)O)c(Br)c1. The van der Waals surface area contributed by atoms with E-state index in [0.717, 1.165) is 5.56 Å². The summed E-state index contributed by atoms with van der Waals surface area (Å²) in [5.74, 6) is -0.673. The molecule has 0 aromatic heterocycles. The number of hydrogen-bond acceptors (Lipinski definition) is 2. The maximum atomic E-state index is 10.3. The lowest BCUT2D eigenvalue weighted by Gasteiger charge is -2.08. The molecule has 0 bridgehead atoms. The van der Waals surface area contributed by atoms with Crippen molar-refractivity contribution in [2.45, 2.75) is 6.92 Å². The normalized spacial score (nSPS) is 9.93. The van der Waals surface area contributed by atoms with Gasteiger partial charge in [0.05, 0.1) is 9.50 Å². The molecular weight excluding hydrogens is 271 g/mol. The first-order chi connectivity index (χ1) is 6.50. The predicted molar refractivity (Wildman–Crippen MR) is 57.0 cm³/mol. The molecule has 1 aromatic carbocycles. The van der Waals surface area contributed by atoms with Crippen LogP contribution in [0.5, 0.6) is 5.75 Å². The van der Waals surface area contributed by atoms with E-state index in [4.69, 9.17) is 21.4 Å². The molecule has 0 aliphatic rings. The predicted octanol–water partition coefficient (Wildman–Crippen LogP) is 2.87. The Hall–Kier alpha value is -0.740. The Bertz CT molecular complexity index is 342. The highest BCUT2D eigenvalue weighted by Gasteiger charge is 2.09. The number of carboxylic acid groups (broad SMARTS) is 1. The number of carbonyl (C=O) groups is 1. The fourth-order valence-corrected chi connectivity index (χ4v) is 2.09. The Balaban J connectivity index is 2.91. The van der Waals surface area contributed by atoms with Gasteiger partial charge in [0.25, 0.3) is 0 Å². The minimum atomic E-state index is -1.03. The number of benzene rings is 1. The van der Waals surface area contributed by atoms with Crippen LogP contribution in [0.4, 0.5) is 0 Å². The summed E-state index contributed by atoms with van der Waals surface area (Å²) in [5, 5.41) is 8.83. The molecule has 76 valence electrons. The van der Waals surface area contributed by atoms with E-state index < -0.39 is 12.6 Å². The van der Waals surface area contributed by atoms with E-state index in [1.165, 1.54) is 0 Å². The van der Waals surface area contributed by atoms with E-state index in [2.05, 4.69) is 15.9 Å². The molecule has 1 N–H and O–H groups in total. The van der Waals surface area contributed by atoms with Gasteiger partial charge in [-0.15, -0.1) is 0 Å². The summed E-state index contributed by atoms with van der Waals surface area (Å²) in [6.07, 6.45) is 0. The quantitative estimate of drug-likeness (QED) is 0.925. The van der Waals surface area contributed by atoms with Gasteiger partial charge in [-0.3, -0.25) is 0 Å². The highest BCUT2D eigenvalue weighted by molar-refractivity contribution is 9.10. The third-order valence-electron chi connectivity index (χ3n) is 1.48. The van der Waals surface area contributed by atoms with Crippen LogP contribution >= 0.6 is 27.5 Å². The van der Waals surface area contributed by atoms with E-state index in [0.29, 0.717) is 15.2 Å². The molecule has 0 radical (unpaired) electrons. The first-order valence-electron chi connectivity index (χ1n) is 3.81. The van der Waals surface area contributed by atoms with Crippen molar-refractivity contribution in [3.63, 3.8) is 0 Å². The zero-order valence-electron chi connectivity index (χ0n) is 7.38. The second kappa shape index (κ2) is 4.66. The number of hydrogen-bond donors (Lipinski definition) is 1. The van der Waals surface area contributed by atoms with Gasteiger partial charge in [-0.1, -0.05) is 11.6 Å². The van der Waals surface area contributed by atoms with Crippen molar-refractivity contribution in [2.75, 3.05) is 6.61 Å². The number of carboxylic acids is 1.